The minimum atomic E-state index is -4.56. The number of hydrogen-bond donors (Lipinski definition) is 4. The summed E-state index contributed by atoms with van der Waals surface area (Å²) < 4.78 is 79.7. The van der Waals surface area contributed by atoms with Gasteiger partial charge in [-0.2, -0.15) is 4.72 Å². The lowest BCUT2D eigenvalue weighted by Crippen LogP contribution is -2.51. The molecular weight excluding hydrogens is 432 g/mol. The third-order valence-electron chi connectivity index (χ3n) is 3.72. The van der Waals surface area contributed by atoms with Gasteiger partial charge in [-0.05, 0) is 31.2 Å². The van der Waals surface area contributed by atoms with Crippen molar-refractivity contribution in [3.8, 4) is 0 Å². The van der Waals surface area contributed by atoms with Crippen LogP contribution in [0.5, 0.6) is 0 Å². The number of rotatable bonds is 8. The molecule has 158 valence electrons. The fraction of sp³-hybridized carbons (Fsp3) is 0.188. The van der Waals surface area contributed by atoms with Crippen molar-refractivity contribution in [1.82, 2.24) is 14.9 Å². The Morgan fingerprint density at radius 2 is 1.66 bits per heavy atom. The number of nitrogens with one attached hydrogen (secondary N) is 3. The van der Waals surface area contributed by atoms with E-state index in [9.17, 15) is 30.4 Å². The highest BCUT2D eigenvalue weighted by Gasteiger charge is 2.28. The van der Waals surface area contributed by atoms with Crippen molar-refractivity contribution in [1.29, 1.82) is 0 Å². The van der Waals surface area contributed by atoms with Crippen LogP contribution in [0.1, 0.15) is 5.56 Å². The fourth-order valence-corrected chi connectivity index (χ4v) is 4.50. The summed E-state index contributed by atoms with van der Waals surface area (Å²) in [5.74, 6) is -3.63. The largest absolute Gasteiger partial charge is 0.289 e. The topological polar surface area (TPSA) is 142 Å². The zero-order chi connectivity index (χ0) is 21.8. The Balaban J connectivity index is 2.23. The summed E-state index contributed by atoms with van der Waals surface area (Å²) in [4.78, 5) is 10.7. The number of benzene rings is 2. The lowest BCUT2D eigenvalue weighted by molar-refractivity contribution is -0.130. The Morgan fingerprint density at radius 3 is 2.21 bits per heavy atom. The molecule has 4 N–H and O–H groups in total. The maximum absolute atomic E-state index is 13.7. The van der Waals surface area contributed by atoms with E-state index in [-0.39, 0.29) is 4.90 Å². The Hall–Kier alpha value is -2.45. The Bertz CT molecular complexity index is 1110. The number of aryl methyl sites for hydroxylation is 1. The van der Waals surface area contributed by atoms with Crippen molar-refractivity contribution in [2.24, 2.45) is 0 Å². The van der Waals surface area contributed by atoms with Gasteiger partial charge in [0, 0.05) is 12.6 Å². The van der Waals surface area contributed by atoms with Crippen LogP contribution in [-0.2, 0) is 24.8 Å². The molecule has 0 spiro atoms. The molecule has 0 aliphatic carbocycles. The third kappa shape index (κ3) is 5.77. The lowest BCUT2D eigenvalue weighted by atomic mass is 10.2. The van der Waals surface area contributed by atoms with Crippen LogP contribution in [0.2, 0.25) is 0 Å². The summed E-state index contributed by atoms with van der Waals surface area (Å²) in [6.45, 7) is 0.867. The predicted octanol–water partition coefficient (Wildman–Crippen LogP) is 0.404. The molecule has 2 rings (SSSR count). The molecular formula is C16H17F2N3O6S2. The SMILES string of the molecule is Cc1ccc(S(=O)(=O)NC(CNS(=O)(=O)c2ccc(F)cc2F)C(=O)NO)cc1. The van der Waals surface area contributed by atoms with Gasteiger partial charge >= 0.3 is 0 Å². The molecule has 0 heterocycles. The van der Waals surface area contributed by atoms with Gasteiger partial charge in [0.1, 0.15) is 22.6 Å². The molecule has 0 aliphatic rings. The van der Waals surface area contributed by atoms with E-state index in [1.54, 1.807) is 6.92 Å². The first-order valence-electron chi connectivity index (χ1n) is 7.94. The van der Waals surface area contributed by atoms with Crippen LogP contribution in [0.25, 0.3) is 0 Å². The molecule has 9 nitrogen and oxygen atoms in total. The second-order valence-electron chi connectivity index (χ2n) is 5.89. The average molecular weight is 449 g/mol. The molecule has 2 aromatic rings. The number of hydrogen-bond acceptors (Lipinski definition) is 6. The quantitative estimate of drug-likeness (QED) is 0.340. The van der Waals surface area contributed by atoms with Gasteiger partial charge < -0.3 is 0 Å². The number of carbonyl (C=O) groups excluding carboxylic acids is 1. The van der Waals surface area contributed by atoms with Crippen molar-refractivity contribution >= 4 is 26.0 Å². The smallest absolute Gasteiger partial charge is 0.262 e. The van der Waals surface area contributed by atoms with E-state index in [4.69, 9.17) is 5.21 Å². The summed E-state index contributed by atoms with van der Waals surface area (Å²) in [6.07, 6.45) is 0. The maximum atomic E-state index is 13.7. The van der Waals surface area contributed by atoms with E-state index < -0.39 is 55.1 Å². The summed E-state index contributed by atoms with van der Waals surface area (Å²) in [5, 5.41) is 8.82. The van der Waals surface area contributed by atoms with E-state index >= 15 is 0 Å². The second kappa shape index (κ2) is 8.92. The Kier molecular flexibility index (Phi) is 7.02. The summed E-state index contributed by atoms with van der Waals surface area (Å²) in [6, 6.07) is 5.52. The van der Waals surface area contributed by atoms with E-state index in [1.165, 1.54) is 29.7 Å². The number of carbonyl (C=O) groups is 1. The van der Waals surface area contributed by atoms with Crippen molar-refractivity contribution in [2.45, 2.75) is 22.8 Å². The van der Waals surface area contributed by atoms with E-state index in [0.717, 1.165) is 11.6 Å². The van der Waals surface area contributed by atoms with Gasteiger partial charge in [0.05, 0.1) is 4.90 Å². The van der Waals surface area contributed by atoms with Gasteiger partial charge in [-0.3, -0.25) is 10.0 Å². The molecule has 29 heavy (non-hydrogen) atoms. The number of hydroxylamine groups is 1. The van der Waals surface area contributed by atoms with Crippen LogP contribution >= 0.6 is 0 Å². The Morgan fingerprint density at radius 1 is 1.03 bits per heavy atom. The van der Waals surface area contributed by atoms with E-state index in [0.29, 0.717) is 12.1 Å². The van der Waals surface area contributed by atoms with Crippen LogP contribution < -0.4 is 14.9 Å². The van der Waals surface area contributed by atoms with Crippen LogP contribution in [-0.4, -0.2) is 40.5 Å². The van der Waals surface area contributed by atoms with Gasteiger partial charge in [-0.25, -0.2) is 35.8 Å². The number of sulfonamides is 2. The molecule has 0 aliphatic heterocycles. The van der Waals surface area contributed by atoms with Gasteiger partial charge in [0.25, 0.3) is 5.91 Å². The molecule has 1 amide bonds. The van der Waals surface area contributed by atoms with Crippen molar-refractivity contribution in [3.63, 3.8) is 0 Å². The molecule has 13 heteroatoms. The zero-order valence-electron chi connectivity index (χ0n) is 14.9. The summed E-state index contributed by atoms with van der Waals surface area (Å²) >= 11 is 0. The van der Waals surface area contributed by atoms with Crippen molar-refractivity contribution in [3.05, 3.63) is 59.7 Å². The molecule has 2 aromatic carbocycles. The second-order valence-corrected chi connectivity index (χ2v) is 9.34. The molecule has 0 saturated heterocycles. The standard InChI is InChI=1S/C16H17F2N3O6S2/c1-10-2-5-12(6-3-10)28(24,25)21-14(16(22)20-23)9-19-29(26,27)15-7-4-11(17)8-13(15)18/h2-8,14,19,21,23H,9H2,1H3,(H,20,22). The number of amides is 1. The van der Waals surface area contributed by atoms with Crippen LogP contribution in [0.3, 0.4) is 0 Å². The van der Waals surface area contributed by atoms with Gasteiger partial charge in [0.15, 0.2) is 0 Å². The van der Waals surface area contributed by atoms with Gasteiger partial charge in [-0.15, -0.1) is 0 Å². The summed E-state index contributed by atoms with van der Waals surface area (Å²) in [7, 11) is -8.82. The normalized spacial score (nSPS) is 13.1. The first kappa shape index (κ1) is 22.8. The molecule has 1 unspecified atom stereocenters. The summed E-state index contributed by atoms with van der Waals surface area (Å²) in [5.41, 5.74) is 2.00. The molecule has 0 radical (unpaired) electrons. The highest BCUT2D eigenvalue weighted by atomic mass is 32.2. The molecule has 0 fully saturated rings. The average Bonchev–Trinajstić information content (AvgIpc) is 2.64. The van der Waals surface area contributed by atoms with E-state index in [1.807, 2.05) is 9.44 Å². The minimum absolute atomic E-state index is 0.203. The fourth-order valence-electron chi connectivity index (χ4n) is 2.20. The van der Waals surface area contributed by atoms with E-state index in [2.05, 4.69) is 0 Å². The highest BCUT2D eigenvalue weighted by Crippen LogP contribution is 2.15. The monoisotopic (exact) mass is 449 g/mol. The molecule has 0 aromatic heterocycles. The van der Waals surface area contributed by atoms with Crippen LogP contribution in [0.4, 0.5) is 8.78 Å². The highest BCUT2D eigenvalue weighted by molar-refractivity contribution is 7.90. The third-order valence-corrected chi connectivity index (χ3v) is 6.66. The lowest BCUT2D eigenvalue weighted by Gasteiger charge is -2.18. The van der Waals surface area contributed by atoms with Crippen molar-refractivity contribution < 1.29 is 35.6 Å². The first-order chi connectivity index (χ1) is 13.5. The molecule has 0 saturated carbocycles. The maximum Gasteiger partial charge on any atom is 0.262 e. The zero-order valence-corrected chi connectivity index (χ0v) is 16.5. The number of halogens is 2. The van der Waals surface area contributed by atoms with Crippen LogP contribution in [0, 0.1) is 18.6 Å². The predicted molar refractivity (Wildman–Crippen MR) is 96.8 cm³/mol. The first-order valence-corrected chi connectivity index (χ1v) is 10.9. The minimum Gasteiger partial charge on any atom is -0.289 e. The van der Waals surface area contributed by atoms with Gasteiger partial charge in [-0.1, -0.05) is 17.7 Å². The Labute approximate surface area is 165 Å². The molecule has 1 atom stereocenters. The molecule has 0 bridgehead atoms. The van der Waals surface area contributed by atoms with Crippen LogP contribution in [0.15, 0.2) is 52.3 Å². The van der Waals surface area contributed by atoms with Gasteiger partial charge in [0.2, 0.25) is 20.0 Å². The van der Waals surface area contributed by atoms with Crippen molar-refractivity contribution in [2.75, 3.05) is 6.54 Å².